The van der Waals surface area contributed by atoms with Crippen LogP contribution >= 0.6 is 0 Å². The smallest absolute Gasteiger partial charge is 0.167 e. The van der Waals surface area contributed by atoms with Gasteiger partial charge in [-0.05, 0) is 92.0 Å². The minimum Gasteiger partial charge on any atom is -0.456 e. The zero-order valence-corrected chi connectivity index (χ0v) is 37.2. The Kier molecular flexibility index (Phi) is 8.73. The summed E-state index contributed by atoms with van der Waals surface area (Å²) in [7, 11) is 0. The fraction of sp³-hybridized carbons (Fsp3) is 0.0156. The number of rotatable bonds is 7. The van der Waals surface area contributed by atoms with Gasteiger partial charge in [-0.3, -0.25) is 0 Å². The molecule has 5 nitrogen and oxygen atoms in total. The molecule has 3 heterocycles. The lowest BCUT2D eigenvalue weighted by Crippen LogP contribution is -2.28. The van der Waals surface area contributed by atoms with Crippen molar-refractivity contribution < 1.29 is 8.83 Å². The van der Waals surface area contributed by atoms with E-state index < -0.39 is 5.41 Å². The van der Waals surface area contributed by atoms with Gasteiger partial charge in [0.15, 0.2) is 17.5 Å². The van der Waals surface area contributed by atoms with Crippen molar-refractivity contribution in [1.29, 1.82) is 0 Å². The Bertz CT molecular complexity index is 4080. The second-order valence-electron chi connectivity index (χ2n) is 17.8. The molecule has 322 valence electrons. The second kappa shape index (κ2) is 15.4. The van der Waals surface area contributed by atoms with Gasteiger partial charge in [-0.2, -0.15) is 0 Å². The minimum absolute atomic E-state index is 0.458. The standard InChI is InChI=1S/C64H39N3O2/c1-4-16-42(17-5-1)61-65-62(67-63(66-61)52-26-14-24-50-49-23-11-13-28-56(49)69-60(50)52)51-25-15-29-58-59(51)53-38-43(35-37-57(53)68-58)40-30-32-41(33-31-40)44-34-36-48-47-22-10-12-27-54(47)64(55(48)39-44,45-18-6-2-7-19-45)46-20-8-3-9-21-46/h1-39H. The van der Waals surface area contributed by atoms with Gasteiger partial charge in [0, 0.05) is 32.7 Å². The van der Waals surface area contributed by atoms with Crippen molar-refractivity contribution in [2.24, 2.45) is 0 Å². The molecule has 0 fully saturated rings. The molecule has 0 unspecified atom stereocenters. The van der Waals surface area contributed by atoms with Crippen molar-refractivity contribution in [1.82, 2.24) is 15.0 Å². The van der Waals surface area contributed by atoms with Gasteiger partial charge in [0.05, 0.1) is 11.0 Å². The number of benzene rings is 10. The maximum absolute atomic E-state index is 6.56. The Balaban J connectivity index is 0.876. The molecule has 0 N–H and O–H groups in total. The number of furan rings is 2. The van der Waals surface area contributed by atoms with Crippen molar-refractivity contribution in [3.8, 4) is 67.5 Å². The Hall–Kier alpha value is -9.19. The Morgan fingerprint density at radius 1 is 0.290 bits per heavy atom. The van der Waals surface area contributed by atoms with Crippen LogP contribution in [0.15, 0.2) is 245 Å². The van der Waals surface area contributed by atoms with Gasteiger partial charge < -0.3 is 8.83 Å². The molecule has 0 atom stereocenters. The van der Waals surface area contributed by atoms with Crippen LogP contribution in [0.4, 0.5) is 0 Å². The summed E-state index contributed by atoms with van der Waals surface area (Å²) in [5.74, 6) is 1.66. The first-order valence-electron chi connectivity index (χ1n) is 23.3. The molecule has 3 aromatic heterocycles. The predicted molar refractivity (Wildman–Crippen MR) is 279 cm³/mol. The average Bonchev–Trinajstić information content (AvgIpc) is 4.10. The molecule has 1 aliphatic rings. The lowest BCUT2D eigenvalue weighted by Gasteiger charge is -2.34. The fourth-order valence-electron chi connectivity index (χ4n) is 10.9. The summed E-state index contributed by atoms with van der Waals surface area (Å²) in [4.78, 5) is 15.5. The quantitative estimate of drug-likeness (QED) is 0.160. The molecule has 0 radical (unpaired) electrons. The topological polar surface area (TPSA) is 65.0 Å². The number of nitrogens with zero attached hydrogens (tertiary/aromatic N) is 3. The van der Waals surface area contributed by atoms with E-state index in [-0.39, 0.29) is 0 Å². The first kappa shape index (κ1) is 39.0. The lowest BCUT2D eigenvalue weighted by atomic mass is 9.67. The first-order chi connectivity index (χ1) is 34.2. The number of fused-ring (bicyclic) bond motifs is 9. The van der Waals surface area contributed by atoms with Crippen LogP contribution < -0.4 is 0 Å². The highest BCUT2D eigenvalue weighted by Gasteiger charge is 2.46. The summed E-state index contributed by atoms with van der Waals surface area (Å²) in [5, 5.41) is 4.00. The van der Waals surface area contributed by atoms with Crippen LogP contribution in [0, 0.1) is 0 Å². The summed E-state index contributed by atoms with van der Waals surface area (Å²) in [6, 6.07) is 83.7. The van der Waals surface area contributed by atoms with Gasteiger partial charge in [-0.25, -0.2) is 15.0 Å². The van der Waals surface area contributed by atoms with E-state index in [1.165, 1.54) is 38.9 Å². The van der Waals surface area contributed by atoms with Crippen LogP contribution in [0.5, 0.6) is 0 Å². The van der Waals surface area contributed by atoms with Gasteiger partial charge in [-0.1, -0.05) is 200 Å². The Morgan fingerprint density at radius 3 is 1.58 bits per heavy atom. The number of aromatic nitrogens is 3. The molecule has 5 heteroatoms. The monoisotopic (exact) mass is 881 g/mol. The van der Waals surface area contributed by atoms with Crippen LogP contribution in [0.3, 0.4) is 0 Å². The van der Waals surface area contributed by atoms with E-state index in [9.17, 15) is 0 Å². The van der Waals surface area contributed by atoms with E-state index in [1.807, 2.05) is 72.8 Å². The van der Waals surface area contributed by atoms with Gasteiger partial charge in [0.2, 0.25) is 0 Å². The third kappa shape index (κ3) is 6.07. The largest absolute Gasteiger partial charge is 0.456 e. The average molecular weight is 882 g/mol. The van der Waals surface area contributed by atoms with Crippen molar-refractivity contribution >= 4 is 43.9 Å². The van der Waals surface area contributed by atoms with Gasteiger partial charge in [0.1, 0.15) is 22.3 Å². The van der Waals surface area contributed by atoms with Crippen molar-refractivity contribution in [3.05, 3.63) is 259 Å². The maximum Gasteiger partial charge on any atom is 0.167 e. The molecule has 1 aliphatic carbocycles. The minimum atomic E-state index is -0.458. The molecule has 10 aromatic carbocycles. The molecule has 13 aromatic rings. The normalized spacial score (nSPS) is 12.8. The van der Waals surface area contributed by atoms with Crippen molar-refractivity contribution in [2.45, 2.75) is 5.41 Å². The number of hydrogen-bond acceptors (Lipinski definition) is 5. The summed E-state index contributed by atoms with van der Waals surface area (Å²) in [6.07, 6.45) is 0. The fourth-order valence-corrected chi connectivity index (χ4v) is 10.9. The summed E-state index contributed by atoms with van der Waals surface area (Å²) in [5.41, 5.74) is 17.4. The van der Waals surface area contributed by atoms with Gasteiger partial charge in [0.25, 0.3) is 0 Å². The predicted octanol–water partition coefficient (Wildman–Crippen LogP) is 16.4. The van der Waals surface area contributed by atoms with Crippen LogP contribution in [0.2, 0.25) is 0 Å². The van der Waals surface area contributed by atoms with Crippen LogP contribution in [0.25, 0.3) is 111 Å². The molecule has 0 aliphatic heterocycles. The summed E-state index contributed by atoms with van der Waals surface area (Å²) < 4.78 is 13.0. The Labute approximate surface area is 397 Å². The Morgan fingerprint density at radius 2 is 0.812 bits per heavy atom. The van der Waals surface area contributed by atoms with E-state index in [0.29, 0.717) is 17.5 Å². The first-order valence-corrected chi connectivity index (χ1v) is 23.3. The van der Waals surface area contributed by atoms with Crippen LogP contribution in [0.1, 0.15) is 22.3 Å². The molecule has 14 rings (SSSR count). The molecule has 0 bridgehead atoms. The highest BCUT2D eigenvalue weighted by molar-refractivity contribution is 6.13. The summed E-state index contributed by atoms with van der Waals surface area (Å²) in [6.45, 7) is 0. The maximum atomic E-state index is 6.56. The molecule has 0 saturated carbocycles. The molecule has 0 spiro atoms. The zero-order valence-electron chi connectivity index (χ0n) is 37.2. The summed E-state index contributed by atoms with van der Waals surface area (Å²) >= 11 is 0. The lowest BCUT2D eigenvalue weighted by molar-refractivity contribution is 0.668. The number of para-hydroxylation sites is 2. The molecule has 69 heavy (non-hydrogen) atoms. The molecule has 0 amide bonds. The molecule has 0 saturated heterocycles. The van der Waals surface area contributed by atoms with E-state index in [4.69, 9.17) is 23.8 Å². The highest BCUT2D eigenvalue weighted by atomic mass is 16.3. The molecular formula is C64H39N3O2. The highest BCUT2D eigenvalue weighted by Crippen LogP contribution is 2.56. The van der Waals surface area contributed by atoms with E-state index in [0.717, 1.165) is 77.3 Å². The van der Waals surface area contributed by atoms with Crippen molar-refractivity contribution in [2.75, 3.05) is 0 Å². The van der Waals surface area contributed by atoms with Gasteiger partial charge >= 0.3 is 0 Å². The van der Waals surface area contributed by atoms with Crippen LogP contribution in [-0.4, -0.2) is 15.0 Å². The van der Waals surface area contributed by atoms with Crippen molar-refractivity contribution in [3.63, 3.8) is 0 Å². The van der Waals surface area contributed by atoms with E-state index in [2.05, 4.69) is 164 Å². The third-order valence-electron chi connectivity index (χ3n) is 14.1. The third-order valence-corrected chi connectivity index (χ3v) is 14.1. The van der Waals surface area contributed by atoms with E-state index in [1.54, 1.807) is 0 Å². The second-order valence-corrected chi connectivity index (χ2v) is 17.8. The molecular weight excluding hydrogens is 843 g/mol. The number of hydrogen-bond donors (Lipinski definition) is 0. The zero-order chi connectivity index (χ0) is 45.5. The van der Waals surface area contributed by atoms with E-state index >= 15 is 0 Å². The SMILES string of the molecule is c1ccc(-c2nc(-c3cccc4c3oc3ccccc34)nc(-c3cccc4oc5ccc(-c6ccc(-c7ccc8c(c7)C(c7ccccc7)(c7ccccc7)c7ccccc7-8)cc6)cc5c34)n2)cc1. The van der Waals surface area contributed by atoms with Gasteiger partial charge in [-0.15, -0.1) is 0 Å². The van der Waals surface area contributed by atoms with Crippen LogP contribution in [-0.2, 0) is 5.41 Å².